The van der Waals surface area contributed by atoms with Crippen molar-refractivity contribution in [3.05, 3.63) is 36.7 Å². The van der Waals surface area contributed by atoms with Crippen molar-refractivity contribution < 1.29 is 0 Å². The van der Waals surface area contributed by atoms with Crippen molar-refractivity contribution in [1.29, 1.82) is 0 Å². The molecule has 0 aliphatic heterocycles. The number of aromatic nitrogens is 1. The first-order valence-corrected chi connectivity index (χ1v) is 6.16. The zero-order valence-electron chi connectivity index (χ0n) is 9.47. The molecule has 1 heterocycles. The summed E-state index contributed by atoms with van der Waals surface area (Å²) < 4.78 is 2.33. The Morgan fingerprint density at radius 3 is 2.25 bits per heavy atom. The minimum atomic E-state index is 0.329. The Labute approximate surface area is 96.1 Å². The van der Waals surface area contributed by atoms with Crippen LogP contribution in [-0.4, -0.2) is 10.6 Å². The fourth-order valence-electron chi connectivity index (χ4n) is 2.81. The molecule has 2 N–H and O–H groups in total. The molecule has 0 amide bonds. The Bertz CT molecular complexity index is 453. The fourth-order valence-corrected chi connectivity index (χ4v) is 2.81. The molecule has 1 aliphatic carbocycles. The van der Waals surface area contributed by atoms with Crippen LogP contribution in [0.1, 0.15) is 31.7 Å². The third-order valence-corrected chi connectivity index (χ3v) is 3.74. The molecule has 16 heavy (non-hydrogen) atoms. The van der Waals surface area contributed by atoms with Crippen molar-refractivity contribution in [3.63, 3.8) is 0 Å². The average molecular weight is 214 g/mol. The molecule has 84 valence electrons. The zero-order chi connectivity index (χ0) is 11.0. The summed E-state index contributed by atoms with van der Waals surface area (Å²) in [4.78, 5) is 0. The summed E-state index contributed by atoms with van der Waals surface area (Å²) in [6.07, 6.45) is 9.48. The largest absolute Gasteiger partial charge is 0.348 e. The van der Waals surface area contributed by atoms with Crippen molar-refractivity contribution in [1.82, 2.24) is 4.57 Å². The third-order valence-electron chi connectivity index (χ3n) is 3.74. The normalized spacial score (nSPS) is 26.1. The molecule has 2 unspecified atom stereocenters. The molecule has 0 saturated heterocycles. The molecule has 3 rings (SSSR count). The number of rotatable bonds is 1. The molecule has 2 nitrogen and oxygen atoms in total. The van der Waals surface area contributed by atoms with Crippen LogP contribution in [0.5, 0.6) is 0 Å². The van der Waals surface area contributed by atoms with Crippen LogP contribution in [0.2, 0.25) is 0 Å². The van der Waals surface area contributed by atoms with Crippen LogP contribution in [0.4, 0.5) is 0 Å². The van der Waals surface area contributed by atoms with E-state index in [1.54, 1.807) is 0 Å². The van der Waals surface area contributed by atoms with Gasteiger partial charge in [0.05, 0.1) is 0 Å². The molecule has 2 heteroatoms. The highest BCUT2D eigenvalue weighted by Gasteiger charge is 2.22. The Kier molecular flexibility index (Phi) is 2.44. The molecule has 1 aliphatic rings. The van der Waals surface area contributed by atoms with Crippen molar-refractivity contribution in [2.75, 3.05) is 0 Å². The third kappa shape index (κ3) is 1.63. The number of nitrogens with zero attached hydrogens (tertiary/aromatic N) is 1. The molecule has 1 saturated carbocycles. The second kappa shape index (κ2) is 3.95. The van der Waals surface area contributed by atoms with Gasteiger partial charge in [0.2, 0.25) is 0 Å². The van der Waals surface area contributed by atoms with Crippen LogP contribution in [0.25, 0.3) is 10.8 Å². The van der Waals surface area contributed by atoms with Crippen LogP contribution < -0.4 is 5.73 Å². The highest BCUT2D eigenvalue weighted by atomic mass is 15.0. The molecule has 0 radical (unpaired) electrons. The summed E-state index contributed by atoms with van der Waals surface area (Å²) in [6.45, 7) is 0. The van der Waals surface area contributed by atoms with E-state index in [-0.39, 0.29) is 0 Å². The van der Waals surface area contributed by atoms with E-state index in [1.807, 2.05) is 0 Å². The van der Waals surface area contributed by atoms with E-state index < -0.39 is 0 Å². The SMILES string of the molecule is NC1CCCCC1n1cc2ccccc2c1. The van der Waals surface area contributed by atoms with Crippen molar-refractivity contribution in [3.8, 4) is 0 Å². The van der Waals surface area contributed by atoms with Gasteiger partial charge in [-0.2, -0.15) is 0 Å². The summed E-state index contributed by atoms with van der Waals surface area (Å²) in [7, 11) is 0. The van der Waals surface area contributed by atoms with Crippen molar-refractivity contribution >= 4 is 10.8 Å². The predicted molar refractivity (Wildman–Crippen MR) is 67.4 cm³/mol. The van der Waals surface area contributed by atoms with Gasteiger partial charge < -0.3 is 10.3 Å². The van der Waals surface area contributed by atoms with Crippen molar-refractivity contribution in [2.24, 2.45) is 5.73 Å². The van der Waals surface area contributed by atoms with E-state index in [0.29, 0.717) is 12.1 Å². The quantitative estimate of drug-likeness (QED) is 0.777. The second-order valence-electron chi connectivity index (χ2n) is 4.85. The number of hydrogen-bond donors (Lipinski definition) is 1. The lowest BCUT2D eigenvalue weighted by Crippen LogP contribution is -2.34. The molecule has 0 bridgehead atoms. The maximum Gasteiger partial charge on any atom is 0.0482 e. The van der Waals surface area contributed by atoms with Gasteiger partial charge in [-0.05, 0) is 23.6 Å². The first-order chi connectivity index (χ1) is 7.84. The lowest BCUT2D eigenvalue weighted by molar-refractivity contribution is 0.307. The summed E-state index contributed by atoms with van der Waals surface area (Å²) >= 11 is 0. The lowest BCUT2D eigenvalue weighted by Gasteiger charge is -2.29. The summed E-state index contributed by atoms with van der Waals surface area (Å²) in [6, 6.07) is 9.35. The maximum atomic E-state index is 6.21. The lowest BCUT2D eigenvalue weighted by atomic mass is 9.91. The van der Waals surface area contributed by atoms with E-state index in [2.05, 4.69) is 41.2 Å². The van der Waals surface area contributed by atoms with Gasteiger partial charge in [-0.3, -0.25) is 0 Å². The molecular formula is C14H18N2. The van der Waals surface area contributed by atoms with Gasteiger partial charge >= 0.3 is 0 Å². The molecule has 2 atom stereocenters. The monoisotopic (exact) mass is 214 g/mol. The maximum absolute atomic E-state index is 6.21. The Balaban J connectivity index is 1.98. The van der Waals surface area contributed by atoms with E-state index >= 15 is 0 Å². The average Bonchev–Trinajstić information content (AvgIpc) is 2.73. The van der Waals surface area contributed by atoms with Crippen LogP contribution in [0, 0.1) is 0 Å². The van der Waals surface area contributed by atoms with Gasteiger partial charge in [-0.15, -0.1) is 0 Å². The minimum absolute atomic E-state index is 0.329. The van der Waals surface area contributed by atoms with E-state index in [0.717, 1.165) is 0 Å². The highest BCUT2D eigenvalue weighted by molar-refractivity contribution is 5.82. The van der Waals surface area contributed by atoms with Gasteiger partial charge in [-0.25, -0.2) is 0 Å². The molecular weight excluding hydrogens is 196 g/mol. The van der Waals surface area contributed by atoms with Crippen LogP contribution in [0.15, 0.2) is 36.7 Å². The molecule has 1 aromatic carbocycles. The Morgan fingerprint density at radius 1 is 1.00 bits per heavy atom. The molecule has 0 spiro atoms. The number of nitrogens with two attached hydrogens (primary N) is 1. The Hall–Kier alpha value is -1.28. The van der Waals surface area contributed by atoms with Crippen LogP contribution >= 0.6 is 0 Å². The summed E-state index contributed by atoms with van der Waals surface area (Å²) in [5, 5.41) is 2.64. The topological polar surface area (TPSA) is 30.9 Å². The van der Waals surface area contributed by atoms with Crippen LogP contribution in [0.3, 0.4) is 0 Å². The highest BCUT2D eigenvalue weighted by Crippen LogP contribution is 2.29. The fraction of sp³-hybridized carbons (Fsp3) is 0.429. The summed E-state index contributed by atoms with van der Waals surface area (Å²) in [5.41, 5.74) is 6.21. The van der Waals surface area contributed by atoms with Gasteiger partial charge in [0.25, 0.3) is 0 Å². The number of fused-ring (bicyclic) bond motifs is 1. The van der Waals surface area contributed by atoms with Gasteiger partial charge in [0, 0.05) is 24.5 Å². The van der Waals surface area contributed by atoms with Gasteiger partial charge in [0.1, 0.15) is 0 Å². The van der Waals surface area contributed by atoms with Gasteiger partial charge in [-0.1, -0.05) is 37.1 Å². The first kappa shape index (κ1) is 9.91. The minimum Gasteiger partial charge on any atom is -0.348 e. The second-order valence-corrected chi connectivity index (χ2v) is 4.85. The van der Waals surface area contributed by atoms with E-state index in [1.165, 1.54) is 36.5 Å². The van der Waals surface area contributed by atoms with Crippen LogP contribution in [-0.2, 0) is 0 Å². The summed E-state index contributed by atoms with van der Waals surface area (Å²) in [5.74, 6) is 0. The predicted octanol–water partition coefficient (Wildman–Crippen LogP) is 3.08. The zero-order valence-corrected chi connectivity index (χ0v) is 9.47. The number of benzene rings is 1. The standard InChI is InChI=1S/C14H18N2/c15-13-7-3-4-8-14(13)16-9-11-5-1-2-6-12(11)10-16/h1-2,5-6,9-10,13-14H,3-4,7-8,15H2. The molecule has 1 aromatic heterocycles. The van der Waals surface area contributed by atoms with Crippen molar-refractivity contribution in [2.45, 2.75) is 37.8 Å². The number of hydrogen-bond acceptors (Lipinski definition) is 1. The Morgan fingerprint density at radius 2 is 1.62 bits per heavy atom. The first-order valence-electron chi connectivity index (χ1n) is 6.16. The molecule has 1 fully saturated rings. The van der Waals surface area contributed by atoms with E-state index in [4.69, 9.17) is 5.73 Å². The van der Waals surface area contributed by atoms with E-state index in [9.17, 15) is 0 Å². The van der Waals surface area contributed by atoms with Gasteiger partial charge in [0.15, 0.2) is 0 Å². The molecule has 2 aromatic rings. The smallest absolute Gasteiger partial charge is 0.0482 e.